The van der Waals surface area contributed by atoms with Gasteiger partial charge in [0.25, 0.3) is 0 Å². The first kappa shape index (κ1) is 25.1. The van der Waals surface area contributed by atoms with Gasteiger partial charge in [0.1, 0.15) is 23.9 Å². The summed E-state index contributed by atoms with van der Waals surface area (Å²) in [5.41, 5.74) is 5.90. The minimum Gasteiger partial charge on any atom is -0.494 e. The highest BCUT2D eigenvalue weighted by Crippen LogP contribution is 2.38. The number of nitrogens with one attached hydrogen (secondary N) is 1. The highest BCUT2D eigenvalue weighted by Gasteiger charge is 2.21. The summed E-state index contributed by atoms with van der Waals surface area (Å²) >= 11 is 0. The zero-order valence-electron chi connectivity index (χ0n) is 22.4. The Bertz CT molecular complexity index is 1580. The molecule has 7 nitrogen and oxygen atoms in total. The molecule has 0 bridgehead atoms. The largest absolute Gasteiger partial charge is 0.494 e. The van der Waals surface area contributed by atoms with Gasteiger partial charge in [-0.3, -0.25) is 0 Å². The van der Waals surface area contributed by atoms with Gasteiger partial charge in [0.15, 0.2) is 5.82 Å². The second kappa shape index (κ2) is 10.8. The van der Waals surface area contributed by atoms with Gasteiger partial charge in [-0.2, -0.15) is 5.10 Å². The Balaban J connectivity index is 1.52. The first-order valence-corrected chi connectivity index (χ1v) is 12.7. The van der Waals surface area contributed by atoms with E-state index >= 15 is 0 Å². The number of aryl methyl sites for hydroxylation is 3. The number of methoxy groups -OCH3 is 1. The maximum atomic E-state index is 6.03. The van der Waals surface area contributed by atoms with Crippen LogP contribution in [0.15, 0.2) is 72.8 Å². The molecule has 3 aromatic carbocycles. The molecule has 0 aliphatic rings. The number of nitrogens with zero attached hydrogens (tertiary/aromatic N) is 3. The van der Waals surface area contributed by atoms with Crippen LogP contribution < -0.4 is 19.5 Å². The maximum Gasteiger partial charge on any atom is 0.162 e. The molecule has 0 amide bonds. The monoisotopic (exact) mass is 508 g/mol. The lowest BCUT2D eigenvalue weighted by Crippen LogP contribution is -2.03. The van der Waals surface area contributed by atoms with Gasteiger partial charge in [-0.1, -0.05) is 36.4 Å². The normalized spacial score (nSPS) is 11.0. The standard InChI is InChI=1S/C31H32N4O3/c1-6-37-26-15-16-27(28(18-26)36-5)35-21(3)29-20(2)33-34-31(30(29)22(35)4)32-24-13-10-14-25(17-24)38-19-23-11-8-7-9-12-23/h7-18H,6,19H2,1-5H3,(H,32,34). The average Bonchev–Trinajstić information content (AvgIpc) is 3.20. The van der Waals surface area contributed by atoms with Crippen molar-refractivity contribution < 1.29 is 14.2 Å². The van der Waals surface area contributed by atoms with Crippen LogP contribution in [0.4, 0.5) is 11.5 Å². The molecule has 0 saturated heterocycles. The van der Waals surface area contributed by atoms with Crippen LogP contribution in [0.25, 0.3) is 16.5 Å². The molecule has 7 heteroatoms. The average molecular weight is 509 g/mol. The molecule has 0 saturated carbocycles. The van der Waals surface area contributed by atoms with Gasteiger partial charge in [0.2, 0.25) is 0 Å². The minimum absolute atomic E-state index is 0.504. The molecule has 0 fully saturated rings. The lowest BCUT2D eigenvalue weighted by molar-refractivity contribution is 0.306. The molecule has 0 aliphatic carbocycles. The predicted molar refractivity (Wildman–Crippen MR) is 151 cm³/mol. The van der Waals surface area contributed by atoms with E-state index in [2.05, 4.69) is 46.1 Å². The van der Waals surface area contributed by atoms with Crippen LogP contribution in [-0.2, 0) is 6.61 Å². The molecular weight excluding hydrogens is 476 g/mol. The smallest absolute Gasteiger partial charge is 0.162 e. The number of anilines is 2. The summed E-state index contributed by atoms with van der Waals surface area (Å²) in [6.07, 6.45) is 0. The molecule has 0 atom stereocenters. The van der Waals surface area contributed by atoms with Crippen molar-refractivity contribution in [2.75, 3.05) is 19.0 Å². The Morgan fingerprint density at radius 2 is 1.55 bits per heavy atom. The van der Waals surface area contributed by atoms with Gasteiger partial charge in [-0.15, -0.1) is 5.10 Å². The predicted octanol–water partition coefficient (Wildman–Crippen LogP) is 7.08. The van der Waals surface area contributed by atoms with Crippen molar-refractivity contribution in [2.24, 2.45) is 0 Å². The fourth-order valence-electron chi connectivity index (χ4n) is 4.88. The lowest BCUT2D eigenvalue weighted by atomic mass is 10.1. The van der Waals surface area contributed by atoms with Crippen LogP contribution in [0.1, 0.15) is 29.6 Å². The molecule has 2 heterocycles. The van der Waals surface area contributed by atoms with Crippen molar-refractivity contribution in [3.8, 4) is 22.9 Å². The van der Waals surface area contributed by atoms with E-state index in [9.17, 15) is 0 Å². The molecule has 0 radical (unpaired) electrons. The van der Waals surface area contributed by atoms with E-state index in [1.54, 1.807) is 7.11 Å². The Morgan fingerprint density at radius 3 is 2.32 bits per heavy atom. The Labute approximate surface area is 223 Å². The maximum absolute atomic E-state index is 6.03. The lowest BCUT2D eigenvalue weighted by Gasteiger charge is -2.15. The van der Waals surface area contributed by atoms with Gasteiger partial charge >= 0.3 is 0 Å². The summed E-state index contributed by atoms with van der Waals surface area (Å²) in [7, 11) is 1.68. The zero-order chi connectivity index (χ0) is 26.6. The van der Waals surface area contributed by atoms with Crippen LogP contribution >= 0.6 is 0 Å². The highest BCUT2D eigenvalue weighted by atomic mass is 16.5. The van der Waals surface area contributed by atoms with Crippen molar-refractivity contribution in [3.63, 3.8) is 0 Å². The van der Waals surface area contributed by atoms with E-state index in [1.165, 1.54) is 0 Å². The van der Waals surface area contributed by atoms with E-state index in [4.69, 9.17) is 14.2 Å². The third-order valence-electron chi connectivity index (χ3n) is 6.59. The number of fused-ring (bicyclic) bond motifs is 1. The molecule has 2 aromatic heterocycles. The number of benzene rings is 3. The second-order valence-electron chi connectivity index (χ2n) is 9.08. The van der Waals surface area contributed by atoms with Gasteiger partial charge < -0.3 is 24.1 Å². The van der Waals surface area contributed by atoms with Crippen LogP contribution in [0.5, 0.6) is 17.2 Å². The summed E-state index contributed by atoms with van der Waals surface area (Å²) in [4.78, 5) is 0. The minimum atomic E-state index is 0.504. The SMILES string of the molecule is CCOc1ccc(-n2c(C)c3c(C)nnc(Nc4cccc(OCc5ccccc5)c4)c3c2C)c(OC)c1. The fraction of sp³-hybridized carbons (Fsp3) is 0.226. The quantitative estimate of drug-likeness (QED) is 0.229. The van der Waals surface area contributed by atoms with Crippen molar-refractivity contribution in [2.45, 2.75) is 34.3 Å². The van der Waals surface area contributed by atoms with Crippen molar-refractivity contribution in [1.82, 2.24) is 14.8 Å². The number of hydrogen-bond acceptors (Lipinski definition) is 6. The first-order chi connectivity index (χ1) is 18.5. The molecule has 1 N–H and O–H groups in total. The van der Waals surface area contributed by atoms with Crippen LogP contribution in [0, 0.1) is 20.8 Å². The van der Waals surface area contributed by atoms with E-state index in [0.717, 1.165) is 62.0 Å². The molecule has 5 aromatic rings. The molecule has 5 rings (SSSR count). The number of aromatic nitrogens is 3. The number of hydrogen-bond donors (Lipinski definition) is 1. The second-order valence-corrected chi connectivity index (χ2v) is 9.08. The summed E-state index contributed by atoms with van der Waals surface area (Å²) < 4.78 is 19.7. The van der Waals surface area contributed by atoms with E-state index in [1.807, 2.05) is 74.5 Å². The highest BCUT2D eigenvalue weighted by molar-refractivity contribution is 5.99. The molecule has 38 heavy (non-hydrogen) atoms. The van der Waals surface area contributed by atoms with Gasteiger partial charge in [-0.25, -0.2) is 0 Å². The van der Waals surface area contributed by atoms with Crippen LogP contribution in [0.3, 0.4) is 0 Å². The Kier molecular flexibility index (Phi) is 7.18. The van der Waals surface area contributed by atoms with Gasteiger partial charge in [-0.05, 0) is 57.5 Å². The van der Waals surface area contributed by atoms with Crippen LogP contribution in [0.2, 0.25) is 0 Å². The third kappa shape index (κ3) is 4.87. The van der Waals surface area contributed by atoms with Crippen molar-refractivity contribution in [3.05, 3.63) is 95.4 Å². The van der Waals surface area contributed by atoms with Gasteiger partial charge in [0, 0.05) is 40.0 Å². The Hall–Kier alpha value is -4.52. The summed E-state index contributed by atoms with van der Waals surface area (Å²) in [6, 6.07) is 23.9. The van der Waals surface area contributed by atoms with E-state index < -0.39 is 0 Å². The summed E-state index contributed by atoms with van der Waals surface area (Å²) in [5.74, 6) is 2.98. The van der Waals surface area contributed by atoms with Crippen molar-refractivity contribution >= 4 is 22.3 Å². The summed E-state index contributed by atoms with van der Waals surface area (Å²) in [6.45, 7) is 9.25. The van der Waals surface area contributed by atoms with E-state index in [0.29, 0.717) is 19.0 Å². The van der Waals surface area contributed by atoms with Gasteiger partial charge in [0.05, 0.1) is 25.1 Å². The Morgan fingerprint density at radius 1 is 0.789 bits per heavy atom. The molecule has 0 unspecified atom stereocenters. The topological polar surface area (TPSA) is 70.4 Å². The summed E-state index contributed by atoms with van der Waals surface area (Å²) in [5, 5.41) is 14.6. The molecule has 0 spiro atoms. The number of rotatable bonds is 9. The van der Waals surface area contributed by atoms with E-state index in [-0.39, 0.29) is 0 Å². The third-order valence-corrected chi connectivity index (χ3v) is 6.59. The molecular formula is C31H32N4O3. The number of ether oxygens (including phenoxy) is 3. The fourth-order valence-corrected chi connectivity index (χ4v) is 4.88. The molecule has 194 valence electrons. The zero-order valence-corrected chi connectivity index (χ0v) is 22.4. The molecule has 0 aliphatic heterocycles. The van der Waals surface area contributed by atoms with Crippen molar-refractivity contribution in [1.29, 1.82) is 0 Å². The van der Waals surface area contributed by atoms with Crippen LogP contribution in [-0.4, -0.2) is 28.5 Å². The first-order valence-electron chi connectivity index (χ1n) is 12.7.